The summed E-state index contributed by atoms with van der Waals surface area (Å²) < 4.78 is 28.9. The Kier molecular flexibility index (Phi) is 4.74. The lowest BCUT2D eigenvalue weighted by molar-refractivity contribution is 0.102. The molecule has 0 spiro atoms. The highest BCUT2D eigenvalue weighted by Gasteiger charge is 2.17. The van der Waals surface area contributed by atoms with Gasteiger partial charge in [0.15, 0.2) is 5.82 Å². The zero-order valence-electron chi connectivity index (χ0n) is 10.3. The Morgan fingerprint density at radius 1 is 1.25 bits per heavy atom. The van der Waals surface area contributed by atoms with Gasteiger partial charge < -0.3 is 5.32 Å². The standard InChI is InChI=1S/C14H9BrF2INO/c1-7-2-5-11(16)13(12(7)17)19-14(20)9-6-8(18)3-4-10(9)15/h2-6H,1H3,(H,19,20). The Bertz CT molecular complexity index is 691. The molecular formula is C14H9BrF2INO. The molecule has 20 heavy (non-hydrogen) atoms. The second kappa shape index (κ2) is 6.17. The van der Waals surface area contributed by atoms with E-state index in [1.807, 2.05) is 6.07 Å². The van der Waals surface area contributed by atoms with Gasteiger partial charge in [-0.15, -0.1) is 0 Å². The molecule has 2 rings (SSSR count). The Labute approximate surface area is 136 Å². The molecule has 0 heterocycles. The van der Waals surface area contributed by atoms with Crippen molar-refractivity contribution in [1.82, 2.24) is 0 Å². The van der Waals surface area contributed by atoms with Gasteiger partial charge in [0.2, 0.25) is 0 Å². The van der Waals surface area contributed by atoms with Crippen LogP contribution in [0.25, 0.3) is 0 Å². The Morgan fingerprint density at radius 2 is 1.95 bits per heavy atom. The second-order valence-corrected chi connectivity index (χ2v) is 6.23. The molecule has 0 unspecified atom stereocenters. The molecule has 0 aliphatic rings. The minimum atomic E-state index is -0.803. The molecule has 0 aliphatic carbocycles. The van der Waals surface area contributed by atoms with E-state index in [1.165, 1.54) is 13.0 Å². The van der Waals surface area contributed by atoms with Gasteiger partial charge in [-0.3, -0.25) is 4.79 Å². The van der Waals surface area contributed by atoms with Gasteiger partial charge in [-0.05, 0) is 75.3 Å². The van der Waals surface area contributed by atoms with Crippen LogP contribution < -0.4 is 5.32 Å². The Balaban J connectivity index is 2.38. The van der Waals surface area contributed by atoms with Crippen LogP contribution in [0, 0.1) is 22.1 Å². The lowest BCUT2D eigenvalue weighted by Crippen LogP contribution is -2.15. The zero-order chi connectivity index (χ0) is 14.9. The van der Waals surface area contributed by atoms with Crippen LogP contribution in [0.1, 0.15) is 15.9 Å². The predicted octanol–water partition coefficient (Wildman–Crippen LogP) is 4.89. The van der Waals surface area contributed by atoms with Gasteiger partial charge in [-0.2, -0.15) is 0 Å². The number of aryl methyl sites for hydroxylation is 1. The van der Waals surface area contributed by atoms with Crippen molar-refractivity contribution in [2.75, 3.05) is 5.32 Å². The van der Waals surface area contributed by atoms with Gasteiger partial charge in [0.1, 0.15) is 11.5 Å². The molecule has 0 radical (unpaired) electrons. The van der Waals surface area contributed by atoms with E-state index in [2.05, 4.69) is 43.8 Å². The highest BCUT2D eigenvalue weighted by molar-refractivity contribution is 14.1. The summed E-state index contributed by atoms with van der Waals surface area (Å²) in [6.45, 7) is 1.51. The first-order valence-corrected chi connectivity index (χ1v) is 7.48. The third-order valence-electron chi connectivity index (χ3n) is 2.70. The van der Waals surface area contributed by atoms with E-state index in [9.17, 15) is 13.6 Å². The maximum atomic E-state index is 13.9. The first-order chi connectivity index (χ1) is 9.40. The monoisotopic (exact) mass is 451 g/mol. The molecule has 104 valence electrons. The number of halogens is 4. The summed E-state index contributed by atoms with van der Waals surface area (Å²) in [4.78, 5) is 12.1. The summed E-state index contributed by atoms with van der Waals surface area (Å²) in [5.74, 6) is -2.14. The SMILES string of the molecule is Cc1ccc(F)c(NC(=O)c2cc(I)ccc2Br)c1F. The normalized spacial score (nSPS) is 10.4. The average molecular weight is 452 g/mol. The van der Waals surface area contributed by atoms with Crippen molar-refractivity contribution >= 4 is 50.1 Å². The van der Waals surface area contributed by atoms with Crippen molar-refractivity contribution in [1.29, 1.82) is 0 Å². The maximum absolute atomic E-state index is 13.9. The molecule has 0 saturated carbocycles. The van der Waals surface area contributed by atoms with Crippen LogP contribution in [-0.4, -0.2) is 5.91 Å². The van der Waals surface area contributed by atoms with E-state index in [0.717, 1.165) is 9.64 Å². The average Bonchev–Trinajstić information content (AvgIpc) is 2.41. The van der Waals surface area contributed by atoms with E-state index < -0.39 is 23.2 Å². The number of anilines is 1. The van der Waals surface area contributed by atoms with Crippen LogP contribution >= 0.6 is 38.5 Å². The lowest BCUT2D eigenvalue weighted by atomic mass is 10.1. The van der Waals surface area contributed by atoms with E-state index in [1.54, 1.807) is 12.1 Å². The molecule has 0 fully saturated rings. The molecule has 0 bridgehead atoms. The fourth-order valence-electron chi connectivity index (χ4n) is 1.62. The molecule has 2 nitrogen and oxygen atoms in total. The van der Waals surface area contributed by atoms with Gasteiger partial charge in [0.25, 0.3) is 5.91 Å². The van der Waals surface area contributed by atoms with Crippen molar-refractivity contribution in [3.8, 4) is 0 Å². The maximum Gasteiger partial charge on any atom is 0.257 e. The van der Waals surface area contributed by atoms with Crippen LogP contribution in [-0.2, 0) is 0 Å². The van der Waals surface area contributed by atoms with E-state index >= 15 is 0 Å². The smallest absolute Gasteiger partial charge is 0.257 e. The van der Waals surface area contributed by atoms with Crippen LogP contribution in [0.2, 0.25) is 0 Å². The molecule has 2 aromatic rings. The van der Waals surface area contributed by atoms with Gasteiger partial charge in [-0.25, -0.2) is 8.78 Å². The predicted molar refractivity (Wildman–Crippen MR) is 85.9 cm³/mol. The van der Waals surface area contributed by atoms with Crippen molar-refractivity contribution in [2.24, 2.45) is 0 Å². The molecule has 0 aromatic heterocycles. The second-order valence-electron chi connectivity index (χ2n) is 4.13. The number of carbonyl (C=O) groups is 1. The molecule has 1 amide bonds. The van der Waals surface area contributed by atoms with Crippen molar-refractivity contribution < 1.29 is 13.6 Å². The fourth-order valence-corrected chi connectivity index (χ4v) is 2.54. The van der Waals surface area contributed by atoms with Gasteiger partial charge in [0.05, 0.1) is 5.56 Å². The third-order valence-corrected chi connectivity index (χ3v) is 4.06. The first-order valence-electron chi connectivity index (χ1n) is 5.61. The highest BCUT2D eigenvalue weighted by atomic mass is 127. The summed E-state index contributed by atoms with van der Waals surface area (Å²) in [6, 6.07) is 7.60. The molecule has 6 heteroatoms. The molecule has 0 aliphatic heterocycles. The summed E-state index contributed by atoms with van der Waals surface area (Å²) in [6.07, 6.45) is 0. The summed E-state index contributed by atoms with van der Waals surface area (Å²) in [7, 11) is 0. The molecule has 2 aromatic carbocycles. The minimum absolute atomic E-state index is 0.267. The highest BCUT2D eigenvalue weighted by Crippen LogP contribution is 2.25. The number of carbonyl (C=O) groups excluding carboxylic acids is 1. The van der Waals surface area contributed by atoms with E-state index in [0.29, 0.717) is 10.0 Å². The van der Waals surface area contributed by atoms with Crippen molar-refractivity contribution in [3.63, 3.8) is 0 Å². The number of amides is 1. The molecule has 1 N–H and O–H groups in total. The van der Waals surface area contributed by atoms with Gasteiger partial charge in [-0.1, -0.05) is 6.07 Å². The zero-order valence-corrected chi connectivity index (χ0v) is 14.1. The summed E-state index contributed by atoms with van der Waals surface area (Å²) >= 11 is 5.30. The van der Waals surface area contributed by atoms with E-state index in [4.69, 9.17) is 0 Å². The Hall–Kier alpha value is -1.02. The van der Waals surface area contributed by atoms with Crippen molar-refractivity contribution in [2.45, 2.75) is 6.92 Å². The summed E-state index contributed by atoms with van der Waals surface area (Å²) in [5, 5.41) is 2.28. The van der Waals surface area contributed by atoms with Crippen LogP contribution in [0.4, 0.5) is 14.5 Å². The van der Waals surface area contributed by atoms with E-state index in [-0.39, 0.29) is 5.56 Å². The minimum Gasteiger partial charge on any atom is -0.317 e. The van der Waals surface area contributed by atoms with Crippen molar-refractivity contribution in [3.05, 3.63) is 61.1 Å². The number of rotatable bonds is 2. The third kappa shape index (κ3) is 3.17. The van der Waals surface area contributed by atoms with Crippen LogP contribution in [0.3, 0.4) is 0 Å². The molecule has 0 saturated heterocycles. The van der Waals surface area contributed by atoms with Gasteiger partial charge >= 0.3 is 0 Å². The van der Waals surface area contributed by atoms with Crippen LogP contribution in [0.5, 0.6) is 0 Å². The molecular weight excluding hydrogens is 443 g/mol. The number of hydrogen-bond donors (Lipinski definition) is 1. The number of hydrogen-bond acceptors (Lipinski definition) is 1. The number of nitrogens with one attached hydrogen (secondary N) is 1. The topological polar surface area (TPSA) is 29.1 Å². The first kappa shape index (κ1) is 15.4. The molecule has 0 atom stereocenters. The summed E-state index contributed by atoms with van der Waals surface area (Å²) in [5.41, 5.74) is 0.154. The quantitative estimate of drug-likeness (QED) is 0.647. The fraction of sp³-hybridized carbons (Fsp3) is 0.0714. The van der Waals surface area contributed by atoms with Gasteiger partial charge in [0, 0.05) is 8.04 Å². The number of benzene rings is 2. The largest absolute Gasteiger partial charge is 0.317 e. The lowest BCUT2D eigenvalue weighted by Gasteiger charge is -2.10. The van der Waals surface area contributed by atoms with Crippen LogP contribution in [0.15, 0.2) is 34.8 Å². The Morgan fingerprint density at radius 3 is 2.65 bits per heavy atom.